The molecule has 0 saturated carbocycles. The minimum atomic E-state index is -3.49. The molecule has 0 saturated heterocycles. The smallest absolute Gasteiger partial charge is 0.184 e. The number of fused-ring (bicyclic) bond motifs is 2. The maximum Gasteiger partial charge on any atom is 0.184 e. The Morgan fingerprint density at radius 1 is 0.712 bits per heavy atom. The molecule has 0 atom stereocenters. The van der Waals surface area contributed by atoms with E-state index in [1.807, 2.05) is 93.6 Å². The van der Waals surface area contributed by atoms with E-state index < -0.39 is 9.84 Å². The lowest BCUT2D eigenvalue weighted by atomic mass is 10.0. The summed E-state index contributed by atoms with van der Waals surface area (Å²) in [6.45, 7) is 6.17. The Morgan fingerprint density at radius 2 is 1.35 bits per heavy atom. The number of aryl methyl sites for hydroxylation is 3. The molecule has 0 aliphatic carbocycles. The van der Waals surface area contributed by atoms with Gasteiger partial charge in [-0.2, -0.15) is 0 Å². The SMILES string of the molecule is Cc1cc(C)c(S(=O)(=O)Cc2ccc3cc(-c4cccc(CN)c4)ccc3n2)c(C)c1.O=C(Cc1ccc2cc(Br)ccc2n1)c1cccc(Cl)c1. The van der Waals surface area contributed by atoms with Crippen molar-refractivity contribution in [2.75, 3.05) is 0 Å². The Labute approximate surface area is 317 Å². The molecule has 0 bridgehead atoms. The van der Waals surface area contributed by atoms with Crippen LogP contribution in [0.4, 0.5) is 0 Å². The van der Waals surface area contributed by atoms with E-state index in [9.17, 15) is 13.2 Å². The van der Waals surface area contributed by atoms with Crippen molar-refractivity contribution < 1.29 is 13.2 Å². The lowest BCUT2D eigenvalue weighted by Gasteiger charge is -2.12. The fourth-order valence-corrected chi connectivity index (χ4v) is 8.76. The number of sulfone groups is 1. The molecule has 0 spiro atoms. The van der Waals surface area contributed by atoms with E-state index >= 15 is 0 Å². The van der Waals surface area contributed by atoms with E-state index in [0.717, 1.165) is 65.4 Å². The molecule has 6 nitrogen and oxygen atoms in total. The van der Waals surface area contributed by atoms with Crippen LogP contribution in [0.15, 0.2) is 131 Å². The van der Waals surface area contributed by atoms with E-state index in [2.05, 4.69) is 44.1 Å². The number of aromatic nitrogens is 2. The van der Waals surface area contributed by atoms with Gasteiger partial charge in [0, 0.05) is 38.1 Å². The fourth-order valence-electron chi connectivity index (χ4n) is 6.40. The molecule has 0 amide bonds. The van der Waals surface area contributed by atoms with Gasteiger partial charge < -0.3 is 5.73 Å². The molecule has 0 unspecified atom stereocenters. The quantitative estimate of drug-likeness (QED) is 0.154. The zero-order valence-corrected chi connectivity index (χ0v) is 32.2. The van der Waals surface area contributed by atoms with Crippen molar-refractivity contribution in [1.82, 2.24) is 9.97 Å². The van der Waals surface area contributed by atoms with Gasteiger partial charge in [0.05, 0.1) is 33.8 Å². The Balaban J connectivity index is 0.000000192. The van der Waals surface area contributed by atoms with E-state index in [1.165, 1.54) is 0 Å². The molecule has 2 heterocycles. The van der Waals surface area contributed by atoms with Crippen molar-refractivity contribution in [3.05, 3.63) is 170 Å². The van der Waals surface area contributed by atoms with Gasteiger partial charge in [0.1, 0.15) is 0 Å². The molecule has 7 rings (SSSR count). The Morgan fingerprint density at radius 3 is 2.06 bits per heavy atom. The van der Waals surface area contributed by atoms with E-state index in [4.69, 9.17) is 17.3 Å². The predicted molar refractivity (Wildman–Crippen MR) is 216 cm³/mol. The summed E-state index contributed by atoms with van der Waals surface area (Å²) in [5, 5.41) is 2.58. The highest BCUT2D eigenvalue weighted by atomic mass is 79.9. The third-order valence-electron chi connectivity index (χ3n) is 8.69. The molecule has 2 aromatic heterocycles. The first-order valence-electron chi connectivity index (χ1n) is 16.7. The maximum absolute atomic E-state index is 13.1. The summed E-state index contributed by atoms with van der Waals surface area (Å²) in [6.07, 6.45) is 0.270. The van der Waals surface area contributed by atoms with Crippen molar-refractivity contribution in [3.8, 4) is 11.1 Å². The standard InChI is InChI=1S/C26H26N2O2S.C17H11BrClNO/c1-17-11-18(2)26(19(3)12-17)31(29,30)16-24-9-7-23-14-22(8-10-25(23)28-24)21-6-4-5-20(13-21)15-27;18-13-5-7-16-11(8-13)4-6-15(20-16)10-17(21)12-2-1-3-14(19)9-12/h4-14H,15-16,27H2,1-3H3;1-9H,10H2. The molecule has 9 heteroatoms. The van der Waals surface area contributed by atoms with E-state index in [0.29, 0.717) is 27.7 Å². The second-order valence-corrected chi connectivity index (χ2v) is 16.1. The number of rotatable bonds is 8. The van der Waals surface area contributed by atoms with Crippen molar-refractivity contribution in [2.24, 2.45) is 5.73 Å². The number of ketones is 1. The minimum Gasteiger partial charge on any atom is -0.326 e. The molecule has 0 fully saturated rings. The number of carbonyl (C=O) groups excluding carboxylic acids is 1. The normalized spacial score (nSPS) is 11.3. The van der Waals surface area contributed by atoms with Crippen molar-refractivity contribution in [3.63, 3.8) is 0 Å². The number of benzene rings is 5. The van der Waals surface area contributed by atoms with Crippen LogP contribution in [0.2, 0.25) is 5.02 Å². The highest BCUT2D eigenvalue weighted by Gasteiger charge is 2.21. The topological polar surface area (TPSA) is 103 Å². The average Bonchev–Trinajstić information content (AvgIpc) is 3.11. The molecule has 262 valence electrons. The van der Waals surface area contributed by atoms with Gasteiger partial charge in [0.15, 0.2) is 15.6 Å². The second-order valence-electron chi connectivity index (χ2n) is 12.9. The van der Waals surface area contributed by atoms with Crippen LogP contribution in [0.25, 0.3) is 32.9 Å². The van der Waals surface area contributed by atoms with Gasteiger partial charge in [-0.25, -0.2) is 8.42 Å². The maximum atomic E-state index is 13.1. The average molecular weight is 791 g/mol. The number of halogens is 2. The van der Waals surface area contributed by atoms with Gasteiger partial charge in [-0.05, 0) is 109 Å². The lowest BCUT2D eigenvalue weighted by molar-refractivity contribution is 0.0992. The van der Waals surface area contributed by atoms with Gasteiger partial charge in [0.2, 0.25) is 0 Å². The number of hydrogen-bond acceptors (Lipinski definition) is 6. The summed E-state index contributed by atoms with van der Waals surface area (Å²) in [7, 11) is -3.49. The summed E-state index contributed by atoms with van der Waals surface area (Å²) in [5.41, 5.74) is 15.2. The van der Waals surface area contributed by atoms with Crippen LogP contribution >= 0.6 is 27.5 Å². The molecule has 2 N–H and O–H groups in total. The molecular weight excluding hydrogens is 754 g/mol. The van der Waals surface area contributed by atoms with Crippen LogP contribution < -0.4 is 5.73 Å². The Kier molecular flexibility index (Phi) is 11.3. The molecule has 0 radical (unpaired) electrons. The molecule has 5 aromatic carbocycles. The summed E-state index contributed by atoms with van der Waals surface area (Å²) >= 11 is 9.35. The van der Waals surface area contributed by atoms with Gasteiger partial charge >= 0.3 is 0 Å². The second kappa shape index (κ2) is 15.9. The number of pyridine rings is 2. The minimum absolute atomic E-state index is 0.0152. The van der Waals surface area contributed by atoms with Crippen molar-refractivity contribution >= 4 is 65.0 Å². The van der Waals surface area contributed by atoms with Crippen molar-refractivity contribution in [1.29, 1.82) is 0 Å². The first kappa shape index (κ1) is 37.0. The summed E-state index contributed by atoms with van der Waals surface area (Å²) < 4.78 is 27.3. The largest absolute Gasteiger partial charge is 0.326 e. The third-order valence-corrected chi connectivity index (χ3v) is 11.4. The third kappa shape index (κ3) is 8.82. The zero-order chi connectivity index (χ0) is 37.0. The monoisotopic (exact) mass is 789 g/mol. The molecule has 7 aromatic rings. The summed E-state index contributed by atoms with van der Waals surface area (Å²) in [6, 6.07) is 38.5. The molecular formula is C43H37BrClN3O3S. The van der Waals surface area contributed by atoms with Crippen LogP contribution in [0.5, 0.6) is 0 Å². The van der Waals surface area contributed by atoms with Gasteiger partial charge in [-0.3, -0.25) is 14.8 Å². The van der Waals surface area contributed by atoms with Gasteiger partial charge in [-0.1, -0.05) is 93.8 Å². The summed E-state index contributed by atoms with van der Waals surface area (Å²) in [4.78, 5) is 21.8. The van der Waals surface area contributed by atoms with Crippen LogP contribution in [0.1, 0.15) is 44.0 Å². The molecule has 0 aliphatic rings. The highest BCUT2D eigenvalue weighted by molar-refractivity contribution is 9.10. The number of nitrogens with zero attached hydrogens (tertiary/aromatic N) is 2. The predicted octanol–water partition coefficient (Wildman–Crippen LogP) is 10.3. The van der Waals surface area contributed by atoms with Crippen molar-refractivity contribution in [2.45, 2.75) is 44.4 Å². The number of hydrogen-bond donors (Lipinski definition) is 1. The van der Waals surface area contributed by atoms with Crippen LogP contribution in [-0.2, 0) is 28.6 Å². The number of nitrogens with two attached hydrogens (primary N) is 1. The van der Waals surface area contributed by atoms with Crippen LogP contribution in [0, 0.1) is 20.8 Å². The zero-order valence-electron chi connectivity index (χ0n) is 29.0. The van der Waals surface area contributed by atoms with Gasteiger partial charge in [-0.15, -0.1) is 0 Å². The Hall–Kier alpha value is -4.73. The van der Waals surface area contributed by atoms with Gasteiger partial charge in [0.25, 0.3) is 0 Å². The highest BCUT2D eigenvalue weighted by Crippen LogP contribution is 2.28. The Bertz CT molecular complexity index is 2550. The number of Topliss-reactive ketones (excluding diaryl/α,β-unsaturated/α-hetero) is 1. The molecule has 0 aliphatic heterocycles. The number of carbonyl (C=O) groups is 1. The lowest BCUT2D eigenvalue weighted by Crippen LogP contribution is -2.10. The first-order chi connectivity index (χ1) is 24.9. The first-order valence-corrected chi connectivity index (χ1v) is 19.5. The van der Waals surface area contributed by atoms with E-state index in [-0.39, 0.29) is 18.0 Å². The van der Waals surface area contributed by atoms with Crippen LogP contribution in [-0.4, -0.2) is 24.2 Å². The van der Waals surface area contributed by atoms with E-state index in [1.54, 1.807) is 30.3 Å². The van der Waals surface area contributed by atoms with Crippen LogP contribution in [0.3, 0.4) is 0 Å². The molecule has 52 heavy (non-hydrogen) atoms. The summed E-state index contributed by atoms with van der Waals surface area (Å²) in [5.74, 6) is -0.102. The fraction of sp³-hybridized carbons (Fsp3) is 0.140.